The first-order chi connectivity index (χ1) is 9.54. The van der Waals surface area contributed by atoms with Crippen molar-refractivity contribution in [3.8, 4) is 22.6 Å². The Morgan fingerprint density at radius 1 is 0.950 bits per heavy atom. The van der Waals surface area contributed by atoms with Crippen molar-refractivity contribution in [2.24, 2.45) is 0 Å². The molecular weight excluding hydrogens is 263 g/mol. The number of fused-ring (bicyclic) bond motifs is 1. The molecule has 3 rings (SSSR count). The number of phenols is 2. The van der Waals surface area contributed by atoms with Crippen LogP contribution in [-0.4, -0.2) is 10.2 Å². The summed E-state index contributed by atoms with van der Waals surface area (Å²) in [6.07, 6.45) is 0. The molecule has 0 aliphatic rings. The quantitative estimate of drug-likeness (QED) is 0.527. The summed E-state index contributed by atoms with van der Waals surface area (Å²) in [6.45, 7) is 0. The lowest BCUT2D eigenvalue weighted by atomic mass is 10.0. The molecule has 1 heterocycles. The summed E-state index contributed by atoms with van der Waals surface area (Å²) in [4.78, 5) is 11.6. The lowest BCUT2D eigenvalue weighted by molar-refractivity contribution is 0.403. The first-order valence-corrected chi connectivity index (χ1v) is 5.80. The zero-order chi connectivity index (χ0) is 14.3. The van der Waals surface area contributed by atoms with Crippen molar-refractivity contribution in [2.45, 2.75) is 0 Å². The van der Waals surface area contributed by atoms with Gasteiger partial charge in [0.25, 0.3) is 0 Å². The van der Waals surface area contributed by atoms with Gasteiger partial charge >= 0.3 is 5.63 Å². The largest absolute Gasteiger partial charge is 0.504 e. The average Bonchev–Trinajstić information content (AvgIpc) is 2.41. The Labute approximate surface area is 112 Å². The van der Waals surface area contributed by atoms with Crippen molar-refractivity contribution < 1.29 is 19.0 Å². The van der Waals surface area contributed by atoms with E-state index in [1.807, 2.05) is 0 Å². The molecule has 0 spiro atoms. The third kappa shape index (κ3) is 1.99. The van der Waals surface area contributed by atoms with Gasteiger partial charge in [0.1, 0.15) is 11.4 Å². The summed E-state index contributed by atoms with van der Waals surface area (Å²) in [7, 11) is 0. The molecule has 0 atom stereocenters. The minimum Gasteiger partial charge on any atom is -0.504 e. The van der Waals surface area contributed by atoms with Crippen molar-refractivity contribution in [3.05, 3.63) is 58.7 Å². The molecule has 0 saturated carbocycles. The molecule has 0 radical (unpaired) electrons. The van der Waals surface area contributed by atoms with E-state index < -0.39 is 5.63 Å². The van der Waals surface area contributed by atoms with Gasteiger partial charge in [-0.2, -0.15) is 0 Å². The van der Waals surface area contributed by atoms with E-state index in [4.69, 9.17) is 4.42 Å². The van der Waals surface area contributed by atoms with Gasteiger partial charge in [-0.25, -0.2) is 9.18 Å². The number of halogens is 1. The highest BCUT2D eigenvalue weighted by Gasteiger charge is 2.11. The maximum atomic E-state index is 13.0. The van der Waals surface area contributed by atoms with Crippen LogP contribution < -0.4 is 5.63 Å². The van der Waals surface area contributed by atoms with Crippen LogP contribution in [0.5, 0.6) is 11.5 Å². The highest BCUT2D eigenvalue weighted by Crippen LogP contribution is 2.34. The third-order valence-electron chi connectivity index (χ3n) is 2.99. The topological polar surface area (TPSA) is 70.7 Å². The molecule has 4 nitrogen and oxygen atoms in total. The second kappa shape index (κ2) is 4.38. The van der Waals surface area contributed by atoms with Gasteiger partial charge in [0.05, 0.1) is 0 Å². The van der Waals surface area contributed by atoms with E-state index in [1.165, 1.54) is 42.5 Å². The van der Waals surface area contributed by atoms with E-state index >= 15 is 0 Å². The number of rotatable bonds is 1. The van der Waals surface area contributed by atoms with Gasteiger partial charge in [-0.3, -0.25) is 0 Å². The summed E-state index contributed by atoms with van der Waals surface area (Å²) in [5, 5.41) is 19.5. The average molecular weight is 272 g/mol. The molecule has 0 bridgehead atoms. The predicted octanol–water partition coefficient (Wildman–Crippen LogP) is 3.01. The van der Waals surface area contributed by atoms with Crippen molar-refractivity contribution in [1.82, 2.24) is 0 Å². The van der Waals surface area contributed by atoms with E-state index in [-0.39, 0.29) is 22.9 Å². The lowest BCUT2D eigenvalue weighted by Gasteiger charge is -2.07. The lowest BCUT2D eigenvalue weighted by Crippen LogP contribution is -1.98. The molecule has 0 fully saturated rings. The fraction of sp³-hybridized carbons (Fsp3) is 0. The first kappa shape index (κ1) is 12.2. The molecule has 2 aromatic carbocycles. The summed E-state index contributed by atoms with van der Waals surface area (Å²) in [5.41, 5.74) is 0.648. The molecule has 3 aromatic rings. The SMILES string of the molecule is O=c1cc(-c2ccc(F)cc2)c2cc(O)c(O)cc2o1. The molecule has 0 saturated heterocycles. The molecule has 100 valence electrons. The van der Waals surface area contributed by atoms with Crippen LogP contribution in [0, 0.1) is 5.82 Å². The van der Waals surface area contributed by atoms with Crippen LogP contribution in [0.15, 0.2) is 51.7 Å². The standard InChI is InChI=1S/C15H9FO4/c16-9-3-1-8(2-4-9)10-6-15(19)20-14-7-13(18)12(17)5-11(10)14/h1-7,17-18H. The van der Waals surface area contributed by atoms with Gasteiger partial charge in [-0.1, -0.05) is 12.1 Å². The highest BCUT2D eigenvalue weighted by atomic mass is 19.1. The number of aromatic hydroxyl groups is 2. The van der Waals surface area contributed by atoms with Crippen molar-refractivity contribution in [2.75, 3.05) is 0 Å². The van der Waals surface area contributed by atoms with Crippen molar-refractivity contribution >= 4 is 11.0 Å². The number of benzene rings is 2. The summed E-state index contributed by atoms with van der Waals surface area (Å²) < 4.78 is 17.9. The Balaban J connectivity index is 2.37. The van der Waals surface area contributed by atoms with Crippen LogP contribution in [0.2, 0.25) is 0 Å². The number of phenolic OH excluding ortho intramolecular Hbond substituents is 2. The number of hydrogen-bond donors (Lipinski definition) is 2. The Kier molecular flexibility index (Phi) is 2.68. The van der Waals surface area contributed by atoms with Crippen molar-refractivity contribution in [1.29, 1.82) is 0 Å². The molecule has 1 aromatic heterocycles. The highest BCUT2D eigenvalue weighted by molar-refractivity contribution is 5.94. The summed E-state index contributed by atoms with van der Waals surface area (Å²) in [6, 6.07) is 9.31. The zero-order valence-electron chi connectivity index (χ0n) is 10.1. The monoisotopic (exact) mass is 272 g/mol. The predicted molar refractivity (Wildman–Crippen MR) is 71.2 cm³/mol. The Bertz CT molecular complexity index is 850. The smallest absolute Gasteiger partial charge is 0.336 e. The molecule has 0 unspecified atom stereocenters. The van der Waals surface area contributed by atoms with Crippen LogP contribution in [0.25, 0.3) is 22.1 Å². The van der Waals surface area contributed by atoms with Crippen LogP contribution >= 0.6 is 0 Å². The number of hydrogen-bond acceptors (Lipinski definition) is 4. The normalized spacial score (nSPS) is 10.8. The van der Waals surface area contributed by atoms with Gasteiger partial charge in [0, 0.05) is 17.5 Å². The van der Waals surface area contributed by atoms with Crippen molar-refractivity contribution in [3.63, 3.8) is 0 Å². The summed E-state index contributed by atoms with van der Waals surface area (Å²) in [5.74, 6) is -1.09. The van der Waals surface area contributed by atoms with E-state index in [0.717, 1.165) is 0 Å². The van der Waals surface area contributed by atoms with Gasteiger partial charge in [0.15, 0.2) is 11.5 Å². The van der Waals surface area contributed by atoms with Gasteiger partial charge in [-0.15, -0.1) is 0 Å². The minimum absolute atomic E-state index is 0.145. The maximum Gasteiger partial charge on any atom is 0.336 e. The molecule has 20 heavy (non-hydrogen) atoms. The van der Waals surface area contributed by atoms with E-state index in [2.05, 4.69) is 0 Å². The zero-order valence-corrected chi connectivity index (χ0v) is 10.1. The van der Waals surface area contributed by atoms with E-state index in [1.54, 1.807) is 0 Å². The van der Waals surface area contributed by atoms with Crippen LogP contribution in [0.3, 0.4) is 0 Å². The maximum absolute atomic E-state index is 13.0. The fourth-order valence-corrected chi connectivity index (χ4v) is 2.05. The van der Waals surface area contributed by atoms with Crippen LogP contribution in [0.4, 0.5) is 4.39 Å². The van der Waals surface area contributed by atoms with E-state index in [0.29, 0.717) is 16.5 Å². The summed E-state index contributed by atoms with van der Waals surface area (Å²) >= 11 is 0. The molecule has 0 aliphatic heterocycles. The van der Waals surface area contributed by atoms with Crippen LogP contribution in [0.1, 0.15) is 0 Å². The van der Waals surface area contributed by atoms with Gasteiger partial charge in [-0.05, 0) is 29.3 Å². The minimum atomic E-state index is -0.595. The Hall–Kier alpha value is -2.82. The second-order valence-electron chi connectivity index (χ2n) is 4.32. The molecule has 2 N–H and O–H groups in total. The molecule has 0 aliphatic carbocycles. The third-order valence-corrected chi connectivity index (χ3v) is 2.99. The Morgan fingerprint density at radius 3 is 2.30 bits per heavy atom. The Morgan fingerprint density at radius 2 is 1.60 bits per heavy atom. The van der Waals surface area contributed by atoms with Gasteiger partial charge < -0.3 is 14.6 Å². The second-order valence-corrected chi connectivity index (χ2v) is 4.32. The molecule has 5 heteroatoms. The molecule has 0 amide bonds. The molecular formula is C15H9FO4. The first-order valence-electron chi connectivity index (χ1n) is 5.80. The fourth-order valence-electron chi connectivity index (χ4n) is 2.05. The van der Waals surface area contributed by atoms with Crippen LogP contribution in [-0.2, 0) is 0 Å². The van der Waals surface area contributed by atoms with Gasteiger partial charge in [0.2, 0.25) is 0 Å². The van der Waals surface area contributed by atoms with E-state index in [9.17, 15) is 19.4 Å².